The molecule has 3 aromatic rings. The number of ketones is 1. The normalized spacial score (nSPS) is 10.4. The molecular weight excluding hydrogens is 348 g/mol. The standard InChI is InChI=1S/C20H16N2O5/c1-11(23)22-15-8-12(10-21)4-6-14(15)18(20(22)25)19(24)13-5-7-16(26-2)17(9-13)27-3/h4-9,25H,1-3H3. The van der Waals surface area contributed by atoms with Crippen molar-refractivity contribution < 1.29 is 24.2 Å². The van der Waals surface area contributed by atoms with Gasteiger partial charge in [0.25, 0.3) is 0 Å². The number of aromatic hydroxyl groups is 1. The van der Waals surface area contributed by atoms with E-state index in [1.54, 1.807) is 18.2 Å². The molecule has 0 radical (unpaired) electrons. The molecule has 0 aliphatic heterocycles. The van der Waals surface area contributed by atoms with E-state index in [2.05, 4.69) is 0 Å². The Balaban J connectivity index is 2.25. The largest absolute Gasteiger partial charge is 0.494 e. The van der Waals surface area contributed by atoms with Crippen molar-refractivity contribution in [3.63, 3.8) is 0 Å². The molecule has 0 saturated carbocycles. The molecule has 0 atom stereocenters. The van der Waals surface area contributed by atoms with Crippen LogP contribution in [-0.4, -0.2) is 35.6 Å². The number of benzene rings is 2. The molecule has 0 amide bonds. The van der Waals surface area contributed by atoms with Gasteiger partial charge in [0, 0.05) is 17.9 Å². The maximum atomic E-state index is 13.1. The summed E-state index contributed by atoms with van der Waals surface area (Å²) in [6, 6.07) is 11.1. The molecule has 1 heterocycles. The van der Waals surface area contributed by atoms with Gasteiger partial charge < -0.3 is 14.6 Å². The Morgan fingerprint density at radius 3 is 2.37 bits per heavy atom. The van der Waals surface area contributed by atoms with Crippen LogP contribution in [0.1, 0.15) is 33.2 Å². The smallest absolute Gasteiger partial charge is 0.230 e. The Labute approximate surface area is 155 Å². The van der Waals surface area contributed by atoms with Gasteiger partial charge in [0.1, 0.15) is 0 Å². The van der Waals surface area contributed by atoms with E-state index >= 15 is 0 Å². The number of carbonyl (C=O) groups is 2. The second kappa shape index (κ2) is 6.84. The highest BCUT2D eigenvalue weighted by Gasteiger charge is 2.26. The minimum atomic E-state index is -0.483. The molecule has 136 valence electrons. The van der Waals surface area contributed by atoms with Gasteiger partial charge in [-0.3, -0.25) is 9.59 Å². The first-order valence-corrected chi connectivity index (χ1v) is 7.98. The zero-order valence-electron chi connectivity index (χ0n) is 14.9. The van der Waals surface area contributed by atoms with Crippen molar-refractivity contribution in [2.75, 3.05) is 14.2 Å². The van der Waals surface area contributed by atoms with E-state index in [-0.39, 0.29) is 11.1 Å². The van der Waals surface area contributed by atoms with Gasteiger partial charge in [-0.15, -0.1) is 0 Å². The number of nitrogens with zero attached hydrogens (tertiary/aromatic N) is 2. The summed E-state index contributed by atoms with van der Waals surface area (Å²) in [4.78, 5) is 25.1. The second-order valence-electron chi connectivity index (χ2n) is 5.80. The quantitative estimate of drug-likeness (QED) is 0.714. The van der Waals surface area contributed by atoms with Crippen LogP contribution in [0.25, 0.3) is 10.9 Å². The van der Waals surface area contributed by atoms with Crippen LogP contribution in [0.2, 0.25) is 0 Å². The van der Waals surface area contributed by atoms with Gasteiger partial charge in [0.15, 0.2) is 17.3 Å². The molecule has 0 aliphatic rings. The number of rotatable bonds is 4. The number of ether oxygens (including phenoxy) is 2. The average molecular weight is 364 g/mol. The molecule has 0 aliphatic carbocycles. The summed E-state index contributed by atoms with van der Waals surface area (Å²) in [6.07, 6.45) is 0. The van der Waals surface area contributed by atoms with Gasteiger partial charge in [-0.1, -0.05) is 6.07 Å². The average Bonchev–Trinajstić information content (AvgIpc) is 2.97. The monoisotopic (exact) mass is 364 g/mol. The van der Waals surface area contributed by atoms with E-state index in [9.17, 15) is 14.7 Å². The third kappa shape index (κ3) is 2.87. The van der Waals surface area contributed by atoms with Crippen molar-refractivity contribution in [3.8, 4) is 23.4 Å². The van der Waals surface area contributed by atoms with Crippen molar-refractivity contribution in [2.45, 2.75) is 6.92 Å². The van der Waals surface area contributed by atoms with Crippen LogP contribution >= 0.6 is 0 Å². The summed E-state index contributed by atoms with van der Waals surface area (Å²) in [6.45, 7) is 1.27. The highest BCUT2D eigenvalue weighted by Crippen LogP contribution is 2.35. The summed E-state index contributed by atoms with van der Waals surface area (Å²) in [5, 5.41) is 20.1. The van der Waals surface area contributed by atoms with Crippen molar-refractivity contribution in [2.24, 2.45) is 0 Å². The second-order valence-corrected chi connectivity index (χ2v) is 5.80. The summed E-state index contributed by atoms with van der Waals surface area (Å²) < 4.78 is 11.4. The molecule has 7 nitrogen and oxygen atoms in total. The van der Waals surface area contributed by atoms with Crippen LogP contribution in [0.15, 0.2) is 36.4 Å². The Kier molecular flexibility index (Phi) is 4.57. The van der Waals surface area contributed by atoms with E-state index in [0.29, 0.717) is 28.0 Å². The highest BCUT2D eigenvalue weighted by molar-refractivity contribution is 6.20. The number of hydrogen-bond acceptors (Lipinski definition) is 6. The van der Waals surface area contributed by atoms with E-state index in [1.807, 2.05) is 6.07 Å². The predicted molar refractivity (Wildman–Crippen MR) is 97.6 cm³/mol. The lowest BCUT2D eigenvalue weighted by molar-refractivity contribution is 0.0933. The molecular formula is C20H16N2O5. The Morgan fingerprint density at radius 2 is 1.78 bits per heavy atom. The first-order chi connectivity index (χ1) is 12.9. The first-order valence-electron chi connectivity index (χ1n) is 7.98. The number of aromatic nitrogens is 1. The fourth-order valence-electron chi connectivity index (χ4n) is 3.01. The summed E-state index contributed by atoms with van der Waals surface area (Å²) in [7, 11) is 2.94. The third-order valence-electron chi connectivity index (χ3n) is 4.26. The number of methoxy groups -OCH3 is 2. The lowest BCUT2D eigenvalue weighted by Crippen LogP contribution is -2.06. The molecule has 0 unspecified atom stereocenters. The van der Waals surface area contributed by atoms with Gasteiger partial charge in [0.05, 0.1) is 36.9 Å². The van der Waals surface area contributed by atoms with Gasteiger partial charge >= 0.3 is 0 Å². The minimum Gasteiger partial charge on any atom is -0.494 e. The Bertz CT molecular complexity index is 1120. The van der Waals surface area contributed by atoms with Crippen LogP contribution in [0.4, 0.5) is 0 Å². The van der Waals surface area contributed by atoms with E-state index < -0.39 is 17.6 Å². The zero-order valence-corrected chi connectivity index (χ0v) is 14.9. The van der Waals surface area contributed by atoms with Crippen LogP contribution in [0.5, 0.6) is 17.4 Å². The van der Waals surface area contributed by atoms with Crippen molar-refractivity contribution >= 4 is 22.6 Å². The SMILES string of the molecule is COc1ccc(C(=O)c2c(O)n(C(C)=O)c3cc(C#N)ccc23)cc1OC. The summed E-state index contributed by atoms with van der Waals surface area (Å²) in [5.74, 6) is -0.595. The van der Waals surface area contributed by atoms with Crippen LogP contribution in [0, 0.1) is 11.3 Å². The highest BCUT2D eigenvalue weighted by atomic mass is 16.5. The molecule has 0 fully saturated rings. The summed E-state index contributed by atoms with van der Waals surface area (Å²) >= 11 is 0. The number of fused-ring (bicyclic) bond motifs is 1. The molecule has 0 spiro atoms. The molecule has 2 aromatic carbocycles. The van der Waals surface area contributed by atoms with Crippen molar-refractivity contribution in [3.05, 3.63) is 53.1 Å². The van der Waals surface area contributed by atoms with Crippen LogP contribution in [0.3, 0.4) is 0 Å². The van der Waals surface area contributed by atoms with Gasteiger partial charge in [-0.25, -0.2) is 4.57 Å². The fourth-order valence-corrected chi connectivity index (χ4v) is 3.01. The van der Waals surface area contributed by atoms with Crippen LogP contribution < -0.4 is 9.47 Å². The molecule has 0 saturated heterocycles. The Hall–Kier alpha value is -3.79. The first kappa shape index (κ1) is 18.0. The number of nitriles is 1. The van der Waals surface area contributed by atoms with Crippen molar-refractivity contribution in [1.29, 1.82) is 5.26 Å². The summed E-state index contributed by atoms with van der Waals surface area (Å²) in [5.41, 5.74) is 0.849. The predicted octanol–water partition coefficient (Wildman–Crippen LogP) is 3.13. The molecule has 3 rings (SSSR count). The topological polar surface area (TPSA) is 102 Å². The van der Waals surface area contributed by atoms with Crippen molar-refractivity contribution in [1.82, 2.24) is 4.57 Å². The molecule has 7 heteroatoms. The maximum Gasteiger partial charge on any atom is 0.230 e. The van der Waals surface area contributed by atoms with Gasteiger partial charge in [-0.05, 0) is 30.3 Å². The maximum absolute atomic E-state index is 13.1. The van der Waals surface area contributed by atoms with E-state index in [0.717, 1.165) is 4.57 Å². The number of carbonyl (C=O) groups excluding carboxylic acids is 2. The van der Waals surface area contributed by atoms with E-state index in [1.165, 1.54) is 39.3 Å². The molecule has 0 bridgehead atoms. The lowest BCUT2D eigenvalue weighted by atomic mass is 10.0. The lowest BCUT2D eigenvalue weighted by Gasteiger charge is -2.09. The Morgan fingerprint density at radius 1 is 1.07 bits per heavy atom. The fraction of sp³-hybridized carbons (Fsp3) is 0.150. The van der Waals surface area contributed by atoms with Crippen LogP contribution in [-0.2, 0) is 0 Å². The molecule has 1 aromatic heterocycles. The molecule has 27 heavy (non-hydrogen) atoms. The molecule has 1 N–H and O–H groups in total. The minimum absolute atomic E-state index is 0.0168. The van der Waals surface area contributed by atoms with Gasteiger partial charge in [0.2, 0.25) is 11.8 Å². The third-order valence-corrected chi connectivity index (χ3v) is 4.26. The van der Waals surface area contributed by atoms with E-state index in [4.69, 9.17) is 14.7 Å². The zero-order chi connectivity index (χ0) is 19.7. The number of hydrogen-bond donors (Lipinski definition) is 1. The van der Waals surface area contributed by atoms with Gasteiger partial charge in [-0.2, -0.15) is 5.26 Å².